The van der Waals surface area contributed by atoms with E-state index < -0.39 is 10.8 Å². The topological polar surface area (TPSA) is 114 Å². The molecule has 2 heterocycles. The van der Waals surface area contributed by atoms with Crippen LogP contribution in [0.4, 0.5) is 11.5 Å². The van der Waals surface area contributed by atoms with Crippen molar-refractivity contribution in [1.29, 1.82) is 0 Å². The van der Waals surface area contributed by atoms with Gasteiger partial charge in [0.05, 0.1) is 10.5 Å². The maximum absolute atomic E-state index is 12.0. The van der Waals surface area contributed by atoms with Crippen LogP contribution in [0.5, 0.6) is 0 Å². The number of H-pyrrole nitrogens is 1. The van der Waals surface area contributed by atoms with Crippen molar-refractivity contribution in [2.24, 2.45) is 0 Å². The second-order valence-corrected chi connectivity index (χ2v) is 4.23. The SMILES string of the molecule is CCc1cc(NC(=O)c2cc([N+](=O)[O-])cnc2Cl)n[nH]1. The van der Waals surface area contributed by atoms with E-state index in [0.717, 1.165) is 24.4 Å². The van der Waals surface area contributed by atoms with Gasteiger partial charge in [-0.3, -0.25) is 20.0 Å². The number of hydrogen-bond donors (Lipinski definition) is 2. The molecule has 20 heavy (non-hydrogen) atoms. The minimum absolute atomic E-state index is 0.0816. The van der Waals surface area contributed by atoms with Crippen LogP contribution in [0.1, 0.15) is 23.0 Å². The number of carbonyl (C=O) groups is 1. The quantitative estimate of drug-likeness (QED) is 0.510. The molecular weight excluding hydrogens is 286 g/mol. The first-order chi connectivity index (χ1) is 9.51. The molecule has 2 rings (SSSR count). The third-order valence-corrected chi connectivity index (χ3v) is 2.83. The molecule has 0 radical (unpaired) electrons. The van der Waals surface area contributed by atoms with Gasteiger partial charge in [0.2, 0.25) is 0 Å². The molecule has 9 heteroatoms. The number of hydrogen-bond acceptors (Lipinski definition) is 5. The van der Waals surface area contributed by atoms with Gasteiger partial charge in [-0.2, -0.15) is 5.10 Å². The molecule has 0 aliphatic carbocycles. The number of anilines is 1. The van der Waals surface area contributed by atoms with E-state index in [9.17, 15) is 14.9 Å². The lowest BCUT2D eigenvalue weighted by Crippen LogP contribution is -2.13. The number of pyridine rings is 1. The molecule has 2 N–H and O–H groups in total. The van der Waals surface area contributed by atoms with Crippen LogP contribution in [0.2, 0.25) is 5.15 Å². The summed E-state index contributed by atoms with van der Waals surface area (Å²) in [5.74, 6) is -0.297. The predicted octanol–water partition coefficient (Wildman–Crippen LogP) is 2.18. The molecule has 0 fully saturated rings. The first-order valence-corrected chi connectivity index (χ1v) is 6.04. The molecule has 0 spiro atoms. The molecule has 104 valence electrons. The van der Waals surface area contributed by atoms with Gasteiger partial charge in [-0.05, 0) is 6.42 Å². The highest BCUT2D eigenvalue weighted by atomic mass is 35.5. The van der Waals surface area contributed by atoms with Gasteiger partial charge in [-0.15, -0.1) is 0 Å². The Morgan fingerprint density at radius 1 is 1.55 bits per heavy atom. The third-order valence-electron chi connectivity index (χ3n) is 2.53. The number of rotatable bonds is 4. The average Bonchev–Trinajstić information content (AvgIpc) is 2.86. The van der Waals surface area contributed by atoms with Gasteiger partial charge in [0.25, 0.3) is 11.6 Å². The molecule has 0 aromatic carbocycles. The molecular formula is C11H10ClN5O3. The van der Waals surface area contributed by atoms with E-state index in [0.29, 0.717) is 5.82 Å². The van der Waals surface area contributed by atoms with Crippen LogP contribution in [-0.4, -0.2) is 26.0 Å². The highest BCUT2D eigenvalue weighted by molar-refractivity contribution is 6.33. The maximum atomic E-state index is 12.0. The van der Waals surface area contributed by atoms with Crippen LogP contribution in [0.25, 0.3) is 0 Å². The van der Waals surface area contributed by atoms with E-state index in [4.69, 9.17) is 11.6 Å². The van der Waals surface area contributed by atoms with E-state index in [1.165, 1.54) is 0 Å². The first kappa shape index (κ1) is 13.9. The van der Waals surface area contributed by atoms with Gasteiger partial charge in [0.15, 0.2) is 5.82 Å². The third kappa shape index (κ3) is 2.91. The number of aromatic amines is 1. The molecule has 0 unspecified atom stereocenters. The van der Waals surface area contributed by atoms with Crippen molar-refractivity contribution in [2.45, 2.75) is 13.3 Å². The van der Waals surface area contributed by atoms with Gasteiger partial charge in [-0.1, -0.05) is 18.5 Å². The minimum Gasteiger partial charge on any atom is -0.305 e. The number of aromatic nitrogens is 3. The first-order valence-electron chi connectivity index (χ1n) is 5.66. The van der Waals surface area contributed by atoms with Crippen molar-refractivity contribution < 1.29 is 9.72 Å². The van der Waals surface area contributed by atoms with Crippen molar-refractivity contribution in [3.05, 3.63) is 44.9 Å². The lowest BCUT2D eigenvalue weighted by molar-refractivity contribution is -0.385. The lowest BCUT2D eigenvalue weighted by Gasteiger charge is -2.03. The Kier molecular flexibility index (Phi) is 3.94. The van der Waals surface area contributed by atoms with Gasteiger partial charge < -0.3 is 5.32 Å². The van der Waals surface area contributed by atoms with Crippen LogP contribution in [-0.2, 0) is 6.42 Å². The summed E-state index contributed by atoms with van der Waals surface area (Å²) in [6.45, 7) is 1.93. The van der Waals surface area contributed by atoms with Gasteiger partial charge in [0.1, 0.15) is 11.3 Å². The molecule has 1 amide bonds. The molecule has 0 saturated carbocycles. The fourth-order valence-corrected chi connectivity index (χ4v) is 1.68. The smallest absolute Gasteiger partial charge is 0.288 e. The fraction of sp³-hybridized carbons (Fsp3) is 0.182. The number of aryl methyl sites for hydroxylation is 1. The van der Waals surface area contributed by atoms with Crippen molar-refractivity contribution in [1.82, 2.24) is 15.2 Å². The highest BCUT2D eigenvalue weighted by Gasteiger charge is 2.18. The Morgan fingerprint density at radius 2 is 2.30 bits per heavy atom. The van der Waals surface area contributed by atoms with Crippen LogP contribution in [0, 0.1) is 10.1 Å². The molecule has 2 aromatic rings. The summed E-state index contributed by atoms with van der Waals surface area (Å²) in [5.41, 5.74) is 0.460. The Morgan fingerprint density at radius 3 is 2.90 bits per heavy atom. The van der Waals surface area contributed by atoms with Crippen molar-refractivity contribution in [2.75, 3.05) is 5.32 Å². The summed E-state index contributed by atoms with van der Waals surface area (Å²) in [6.07, 6.45) is 1.73. The molecule has 8 nitrogen and oxygen atoms in total. The van der Waals surface area contributed by atoms with Gasteiger partial charge in [0, 0.05) is 17.8 Å². The number of carbonyl (C=O) groups excluding carboxylic acids is 1. The van der Waals surface area contributed by atoms with Crippen molar-refractivity contribution in [3.8, 4) is 0 Å². The normalized spacial score (nSPS) is 10.3. The molecule has 0 atom stereocenters. The number of amides is 1. The number of halogens is 1. The maximum Gasteiger partial charge on any atom is 0.288 e. The minimum atomic E-state index is -0.649. The van der Waals surface area contributed by atoms with E-state index in [2.05, 4.69) is 20.5 Å². The summed E-state index contributed by atoms with van der Waals surface area (Å²) < 4.78 is 0. The van der Waals surface area contributed by atoms with Crippen LogP contribution in [0.15, 0.2) is 18.3 Å². The van der Waals surface area contributed by atoms with Crippen LogP contribution in [0.3, 0.4) is 0 Å². The summed E-state index contributed by atoms with van der Waals surface area (Å²) >= 11 is 5.77. The van der Waals surface area contributed by atoms with Crippen LogP contribution < -0.4 is 5.32 Å². The van der Waals surface area contributed by atoms with E-state index in [1.807, 2.05) is 6.92 Å². The molecule has 0 aliphatic heterocycles. The van der Waals surface area contributed by atoms with E-state index in [-0.39, 0.29) is 16.4 Å². The summed E-state index contributed by atoms with van der Waals surface area (Å²) in [7, 11) is 0. The van der Waals surface area contributed by atoms with Crippen LogP contribution >= 0.6 is 11.6 Å². The predicted molar refractivity (Wildman–Crippen MR) is 71.8 cm³/mol. The largest absolute Gasteiger partial charge is 0.305 e. The van der Waals surface area contributed by atoms with Crippen molar-refractivity contribution in [3.63, 3.8) is 0 Å². The van der Waals surface area contributed by atoms with Gasteiger partial charge >= 0.3 is 0 Å². The average molecular weight is 296 g/mol. The summed E-state index contributed by atoms with van der Waals surface area (Å²) in [6, 6.07) is 2.73. The summed E-state index contributed by atoms with van der Waals surface area (Å²) in [4.78, 5) is 25.6. The second-order valence-electron chi connectivity index (χ2n) is 3.88. The molecule has 0 bridgehead atoms. The Bertz CT molecular complexity index is 670. The van der Waals surface area contributed by atoms with Gasteiger partial charge in [-0.25, -0.2) is 4.98 Å². The van der Waals surface area contributed by atoms with E-state index in [1.54, 1.807) is 6.07 Å². The Hall–Kier alpha value is -2.48. The molecule has 2 aromatic heterocycles. The summed E-state index contributed by atoms with van der Waals surface area (Å²) in [5, 5.41) is 19.7. The zero-order valence-electron chi connectivity index (χ0n) is 10.4. The molecule has 0 aliphatic rings. The van der Waals surface area contributed by atoms with E-state index >= 15 is 0 Å². The highest BCUT2D eigenvalue weighted by Crippen LogP contribution is 2.20. The van der Waals surface area contributed by atoms with Crippen molar-refractivity contribution >= 4 is 29.0 Å². The zero-order valence-corrected chi connectivity index (χ0v) is 11.1. The number of nitrogens with one attached hydrogen (secondary N) is 2. The number of nitro groups is 1. The fourth-order valence-electron chi connectivity index (χ4n) is 1.49. The lowest BCUT2D eigenvalue weighted by atomic mass is 10.2. The zero-order chi connectivity index (χ0) is 14.7. The monoisotopic (exact) mass is 295 g/mol. The Labute approximate surface area is 118 Å². The Balaban J connectivity index is 2.24. The molecule has 0 saturated heterocycles. The second kappa shape index (κ2) is 5.66. The standard InChI is InChI=1S/C11H10ClN5O3/c1-2-6-3-9(16-15-6)14-11(18)8-4-7(17(19)20)5-13-10(8)12/h3-5H,2H2,1H3,(H2,14,15,16,18). The number of nitrogens with zero attached hydrogens (tertiary/aromatic N) is 3.